The molecule has 0 aromatic carbocycles. The van der Waals surface area contributed by atoms with Crippen LogP contribution >= 0.6 is 0 Å². The summed E-state index contributed by atoms with van der Waals surface area (Å²) in [5, 5.41) is 2.82. The van der Waals surface area contributed by atoms with Crippen LogP contribution in [0.2, 0.25) is 0 Å². The minimum absolute atomic E-state index is 0.256. The molecule has 2 aromatic rings. The monoisotopic (exact) mass is 271 g/mol. The lowest BCUT2D eigenvalue weighted by molar-refractivity contribution is 0.0996. The predicted octanol–water partition coefficient (Wildman–Crippen LogP) is 2.84. The number of carbonyl (C=O) groups excluding carboxylic acids is 1. The Kier molecular flexibility index (Phi) is 3.41. The highest BCUT2D eigenvalue weighted by atomic mass is 16.3. The van der Waals surface area contributed by atoms with Crippen molar-refractivity contribution in [3.63, 3.8) is 0 Å². The molecule has 1 fully saturated rings. The number of hydrogen-bond donors (Lipinski definition) is 1. The topological polar surface area (TPSA) is 58.4 Å². The summed E-state index contributed by atoms with van der Waals surface area (Å²) in [4.78, 5) is 18.8. The first-order valence-electron chi connectivity index (χ1n) is 6.81. The van der Waals surface area contributed by atoms with Gasteiger partial charge >= 0.3 is 0 Å². The van der Waals surface area contributed by atoms with Gasteiger partial charge in [0.1, 0.15) is 5.82 Å². The third kappa shape index (κ3) is 2.52. The molecular formula is C15H17N3O2. The van der Waals surface area contributed by atoms with E-state index < -0.39 is 0 Å². The van der Waals surface area contributed by atoms with E-state index in [1.54, 1.807) is 12.1 Å². The zero-order valence-electron chi connectivity index (χ0n) is 11.4. The van der Waals surface area contributed by atoms with Gasteiger partial charge in [-0.2, -0.15) is 0 Å². The second-order valence-corrected chi connectivity index (χ2v) is 4.93. The number of aromatic nitrogens is 1. The molecule has 1 aliphatic heterocycles. The first-order chi connectivity index (χ1) is 9.74. The van der Waals surface area contributed by atoms with Crippen LogP contribution in [0.25, 0.3) is 0 Å². The highest BCUT2D eigenvalue weighted by molar-refractivity contribution is 6.02. The van der Waals surface area contributed by atoms with Gasteiger partial charge in [-0.05, 0) is 44.0 Å². The van der Waals surface area contributed by atoms with E-state index in [0.717, 1.165) is 24.6 Å². The van der Waals surface area contributed by atoms with Gasteiger partial charge < -0.3 is 14.6 Å². The number of anilines is 2. The lowest BCUT2D eigenvalue weighted by atomic mass is 10.3. The van der Waals surface area contributed by atoms with E-state index in [0.29, 0.717) is 11.4 Å². The SMILES string of the molecule is Cc1nc(N2CCCC2)ccc1NC(=O)c1ccco1. The minimum atomic E-state index is -0.256. The van der Waals surface area contributed by atoms with Gasteiger partial charge in [0.15, 0.2) is 5.76 Å². The average molecular weight is 271 g/mol. The van der Waals surface area contributed by atoms with Crippen molar-refractivity contribution in [3.8, 4) is 0 Å². The molecular weight excluding hydrogens is 254 g/mol. The van der Waals surface area contributed by atoms with E-state index in [1.807, 2.05) is 19.1 Å². The Morgan fingerprint density at radius 3 is 2.75 bits per heavy atom. The van der Waals surface area contributed by atoms with E-state index in [2.05, 4.69) is 15.2 Å². The van der Waals surface area contributed by atoms with Crippen molar-refractivity contribution in [1.29, 1.82) is 0 Å². The molecule has 0 spiro atoms. The molecule has 1 amide bonds. The Bertz CT molecular complexity index is 602. The fourth-order valence-corrected chi connectivity index (χ4v) is 2.39. The van der Waals surface area contributed by atoms with Crippen LogP contribution < -0.4 is 10.2 Å². The molecule has 1 aliphatic rings. The van der Waals surface area contributed by atoms with Crippen molar-refractivity contribution in [2.75, 3.05) is 23.3 Å². The maximum Gasteiger partial charge on any atom is 0.291 e. The summed E-state index contributed by atoms with van der Waals surface area (Å²) < 4.78 is 5.07. The Balaban J connectivity index is 1.75. The lowest BCUT2D eigenvalue weighted by Gasteiger charge is -2.17. The fraction of sp³-hybridized carbons (Fsp3) is 0.333. The number of rotatable bonds is 3. The summed E-state index contributed by atoms with van der Waals surface area (Å²) in [6.45, 7) is 4.02. The number of furan rings is 1. The van der Waals surface area contributed by atoms with Gasteiger partial charge in [-0.25, -0.2) is 4.98 Å². The van der Waals surface area contributed by atoms with Gasteiger partial charge in [-0.3, -0.25) is 4.79 Å². The largest absolute Gasteiger partial charge is 0.459 e. The Morgan fingerprint density at radius 2 is 2.10 bits per heavy atom. The van der Waals surface area contributed by atoms with Crippen LogP contribution in [-0.4, -0.2) is 24.0 Å². The second-order valence-electron chi connectivity index (χ2n) is 4.93. The van der Waals surface area contributed by atoms with Crippen LogP contribution in [-0.2, 0) is 0 Å². The van der Waals surface area contributed by atoms with Crippen LogP contribution in [0.4, 0.5) is 11.5 Å². The normalized spacial score (nSPS) is 14.6. The molecule has 3 heterocycles. The summed E-state index contributed by atoms with van der Waals surface area (Å²) in [6.07, 6.45) is 3.92. The summed E-state index contributed by atoms with van der Waals surface area (Å²) in [6, 6.07) is 7.18. The van der Waals surface area contributed by atoms with E-state index in [1.165, 1.54) is 19.1 Å². The lowest BCUT2D eigenvalue weighted by Crippen LogP contribution is -2.20. The van der Waals surface area contributed by atoms with Gasteiger partial charge in [0, 0.05) is 13.1 Å². The number of nitrogens with zero attached hydrogens (tertiary/aromatic N) is 2. The Morgan fingerprint density at radius 1 is 1.30 bits per heavy atom. The van der Waals surface area contributed by atoms with Gasteiger partial charge in [-0.1, -0.05) is 0 Å². The summed E-state index contributed by atoms with van der Waals surface area (Å²) in [7, 11) is 0. The number of carbonyl (C=O) groups is 1. The highest BCUT2D eigenvalue weighted by Crippen LogP contribution is 2.22. The van der Waals surface area contributed by atoms with Crippen molar-refractivity contribution in [3.05, 3.63) is 42.0 Å². The maximum atomic E-state index is 11.9. The number of nitrogens with one attached hydrogen (secondary N) is 1. The molecule has 2 aromatic heterocycles. The summed E-state index contributed by atoms with van der Waals surface area (Å²) in [5.74, 6) is 1.03. The molecule has 20 heavy (non-hydrogen) atoms. The number of aryl methyl sites for hydroxylation is 1. The molecule has 3 rings (SSSR count). The molecule has 0 bridgehead atoms. The maximum absolute atomic E-state index is 11.9. The first kappa shape index (κ1) is 12.7. The standard InChI is InChI=1S/C15H17N3O2/c1-11-12(17-15(19)13-5-4-10-20-13)6-7-14(16-11)18-8-2-3-9-18/h4-7,10H,2-3,8-9H2,1H3,(H,17,19). The molecule has 1 N–H and O–H groups in total. The van der Waals surface area contributed by atoms with Crippen molar-refractivity contribution >= 4 is 17.4 Å². The molecule has 0 saturated carbocycles. The van der Waals surface area contributed by atoms with E-state index in [-0.39, 0.29) is 5.91 Å². The third-order valence-corrected chi connectivity index (χ3v) is 3.49. The minimum Gasteiger partial charge on any atom is -0.459 e. The molecule has 5 heteroatoms. The van der Waals surface area contributed by atoms with E-state index >= 15 is 0 Å². The molecule has 5 nitrogen and oxygen atoms in total. The molecule has 0 atom stereocenters. The fourth-order valence-electron chi connectivity index (χ4n) is 2.39. The molecule has 1 saturated heterocycles. The summed E-state index contributed by atoms with van der Waals surface area (Å²) >= 11 is 0. The van der Waals surface area contributed by atoms with Crippen LogP contribution in [0, 0.1) is 6.92 Å². The smallest absolute Gasteiger partial charge is 0.291 e. The van der Waals surface area contributed by atoms with Crippen LogP contribution in [0.15, 0.2) is 34.9 Å². The number of amides is 1. The van der Waals surface area contributed by atoms with Gasteiger partial charge in [0.25, 0.3) is 5.91 Å². The Labute approximate surface area is 117 Å². The van der Waals surface area contributed by atoms with Crippen molar-refractivity contribution in [2.45, 2.75) is 19.8 Å². The average Bonchev–Trinajstić information content (AvgIpc) is 3.14. The van der Waals surface area contributed by atoms with E-state index in [4.69, 9.17) is 4.42 Å². The summed E-state index contributed by atoms with van der Waals surface area (Å²) in [5.41, 5.74) is 1.53. The van der Waals surface area contributed by atoms with Crippen LogP contribution in [0.3, 0.4) is 0 Å². The van der Waals surface area contributed by atoms with Crippen molar-refractivity contribution in [1.82, 2.24) is 4.98 Å². The number of pyridine rings is 1. The first-order valence-corrected chi connectivity index (χ1v) is 6.81. The quantitative estimate of drug-likeness (QED) is 0.932. The van der Waals surface area contributed by atoms with Crippen molar-refractivity contribution in [2.24, 2.45) is 0 Å². The van der Waals surface area contributed by atoms with E-state index in [9.17, 15) is 4.79 Å². The zero-order chi connectivity index (χ0) is 13.9. The highest BCUT2D eigenvalue weighted by Gasteiger charge is 2.15. The third-order valence-electron chi connectivity index (χ3n) is 3.49. The van der Waals surface area contributed by atoms with Crippen LogP contribution in [0.1, 0.15) is 29.1 Å². The molecule has 0 aliphatic carbocycles. The zero-order valence-corrected chi connectivity index (χ0v) is 11.4. The van der Waals surface area contributed by atoms with Gasteiger partial charge in [-0.15, -0.1) is 0 Å². The molecule has 104 valence electrons. The van der Waals surface area contributed by atoms with Gasteiger partial charge in [0.05, 0.1) is 17.6 Å². The predicted molar refractivity (Wildman–Crippen MR) is 77.1 cm³/mol. The number of hydrogen-bond acceptors (Lipinski definition) is 4. The van der Waals surface area contributed by atoms with Crippen LogP contribution in [0.5, 0.6) is 0 Å². The Hall–Kier alpha value is -2.30. The molecule has 0 unspecified atom stereocenters. The van der Waals surface area contributed by atoms with Gasteiger partial charge in [0.2, 0.25) is 0 Å². The van der Waals surface area contributed by atoms with Crippen molar-refractivity contribution < 1.29 is 9.21 Å². The molecule has 0 radical (unpaired) electrons. The second kappa shape index (κ2) is 5.36.